The molecule has 3 rings (SSSR count). The number of amides is 2. The van der Waals surface area contributed by atoms with Gasteiger partial charge in [-0.15, -0.1) is 0 Å². The standard InChI is InChI=1S/C15H18N4O2/c1-9(20)19-7-3-4-10(8-19)15-17-12-6-2-5-11(14(16)21)13(12)18-15/h2,5-6,10H,3-4,7-8H2,1H3,(H2,16,21)(H,17,18). The molecule has 2 amide bonds. The van der Waals surface area contributed by atoms with Gasteiger partial charge >= 0.3 is 0 Å². The van der Waals surface area contributed by atoms with E-state index in [1.54, 1.807) is 19.1 Å². The number of aromatic amines is 1. The van der Waals surface area contributed by atoms with Crippen LogP contribution >= 0.6 is 0 Å². The topological polar surface area (TPSA) is 92.1 Å². The van der Waals surface area contributed by atoms with Crippen LogP contribution in [-0.2, 0) is 4.79 Å². The zero-order valence-electron chi connectivity index (χ0n) is 11.9. The zero-order chi connectivity index (χ0) is 15.0. The van der Waals surface area contributed by atoms with Crippen molar-refractivity contribution >= 4 is 22.8 Å². The van der Waals surface area contributed by atoms with Crippen LogP contribution in [0.3, 0.4) is 0 Å². The highest BCUT2D eigenvalue weighted by Crippen LogP contribution is 2.27. The van der Waals surface area contributed by atoms with Gasteiger partial charge in [-0.2, -0.15) is 0 Å². The number of carbonyl (C=O) groups is 2. The van der Waals surface area contributed by atoms with Crippen molar-refractivity contribution in [1.82, 2.24) is 14.9 Å². The lowest BCUT2D eigenvalue weighted by atomic mass is 9.97. The van der Waals surface area contributed by atoms with Gasteiger partial charge in [0.05, 0.1) is 11.1 Å². The van der Waals surface area contributed by atoms with E-state index in [1.165, 1.54) is 0 Å². The van der Waals surface area contributed by atoms with Crippen LogP contribution in [0.4, 0.5) is 0 Å². The monoisotopic (exact) mass is 286 g/mol. The lowest BCUT2D eigenvalue weighted by Crippen LogP contribution is -2.37. The van der Waals surface area contributed by atoms with Crippen LogP contribution < -0.4 is 5.73 Å². The second-order valence-electron chi connectivity index (χ2n) is 5.49. The van der Waals surface area contributed by atoms with E-state index in [4.69, 9.17) is 5.73 Å². The highest BCUT2D eigenvalue weighted by atomic mass is 16.2. The maximum absolute atomic E-state index is 11.5. The number of para-hydroxylation sites is 1. The Morgan fingerprint density at radius 3 is 2.95 bits per heavy atom. The van der Waals surface area contributed by atoms with Crippen LogP contribution in [0, 0.1) is 0 Å². The summed E-state index contributed by atoms with van der Waals surface area (Å²) in [4.78, 5) is 32.6. The summed E-state index contributed by atoms with van der Waals surface area (Å²) in [7, 11) is 0. The fourth-order valence-corrected chi connectivity index (χ4v) is 2.93. The first-order chi connectivity index (χ1) is 10.1. The molecule has 0 aliphatic carbocycles. The second kappa shape index (κ2) is 5.20. The molecular formula is C15H18N4O2. The summed E-state index contributed by atoms with van der Waals surface area (Å²) in [5, 5.41) is 0. The molecule has 1 aromatic carbocycles. The molecule has 6 heteroatoms. The van der Waals surface area contributed by atoms with E-state index >= 15 is 0 Å². The maximum Gasteiger partial charge on any atom is 0.250 e. The average molecular weight is 286 g/mol. The van der Waals surface area contributed by atoms with Crippen LogP contribution in [0.1, 0.15) is 41.9 Å². The summed E-state index contributed by atoms with van der Waals surface area (Å²) in [5.41, 5.74) is 7.23. The van der Waals surface area contributed by atoms with Gasteiger partial charge in [-0.25, -0.2) is 4.98 Å². The zero-order valence-corrected chi connectivity index (χ0v) is 11.9. The fraction of sp³-hybridized carbons (Fsp3) is 0.400. The van der Waals surface area contributed by atoms with Crippen molar-refractivity contribution in [3.8, 4) is 0 Å². The molecule has 110 valence electrons. The van der Waals surface area contributed by atoms with Gasteiger partial charge in [0, 0.05) is 25.9 Å². The first-order valence-electron chi connectivity index (χ1n) is 7.10. The Labute approximate surface area is 122 Å². The number of nitrogens with one attached hydrogen (secondary N) is 1. The normalized spacial score (nSPS) is 18.9. The van der Waals surface area contributed by atoms with Crippen molar-refractivity contribution in [3.05, 3.63) is 29.6 Å². The molecule has 0 saturated carbocycles. The summed E-state index contributed by atoms with van der Waals surface area (Å²) in [6.07, 6.45) is 1.94. The number of nitrogens with zero attached hydrogens (tertiary/aromatic N) is 2. The molecule has 0 bridgehead atoms. The van der Waals surface area contributed by atoms with Crippen molar-refractivity contribution < 1.29 is 9.59 Å². The number of imidazole rings is 1. The Kier molecular flexibility index (Phi) is 3.37. The van der Waals surface area contributed by atoms with E-state index in [0.29, 0.717) is 17.6 Å². The van der Waals surface area contributed by atoms with E-state index in [0.717, 1.165) is 30.7 Å². The number of hydrogen-bond acceptors (Lipinski definition) is 3. The van der Waals surface area contributed by atoms with E-state index < -0.39 is 5.91 Å². The number of primary amides is 1. The number of rotatable bonds is 2. The van der Waals surface area contributed by atoms with Crippen molar-refractivity contribution in [2.24, 2.45) is 5.73 Å². The smallest absolute Gasteiger partial charge is 0.250 e. The lowest BCUT2D eigenvalue weighted by Gasteiger charge is -2.30. The Balaban J connectivity index is 1.96. The Morgan fingerprint density at radius 1 is 1.43 bits per heavy atom. The van der Waals surface area contributed by atoms with Crippen LogP contribution in [0.15, 0.2) is 18.2 Å². The quantitative estimate of drug-likeness (QED) is 0.873. The number of aromatic nitrogens is 2. The molecule has 1 atom stereocenters. The third-order valence-electron chi connectivity index (χ3n) is 4.05. The summed E-state index contributed by atoms with van der Waals surface area (Å²) in [5.74, 6) is 0.613. The fourth-order valence-electron chi connectivity index (χ4n) is 2.93. The highest BCUT2D eigenvalue weighted by molar-refractivity contribution is 6.04. The Bertz CT molecular complexity index is 707. The van der Waals surface area contributed by atoms with Gasteiger partial charge < -0.3 is 15.6 Å². The first-order valence-corrected chi connectivity index (χ1v) is 7.10. The van der Waals surface area contributed by atoms with Gasteiger partial charge in [0.2, 0.25) is 5.91 Å². The minimum Gasteiger partial charge on any atom is -0.366 e. The highest BCUT2D eigenvalue weighted by Gasteiger charge is 2.25. The predicted octanol–water partition coefficient (Wildman–Crippen LogP) is 1.39. The van der Waals surface area contributed by atoms with Gasteiger partial charge in [-0.1, -0.05) is 6.07 Å². The molecule has 1 aromatic heterocycles. The van der Waals surface area contributed by atoms with Gasteiger partial charge in [0.15, 0.2) is 0 Å². The number of hydrogen-bond donors (Lipinski definition) is 2. The maximum atomic E-state index is 11.5. The van der Waals surface area contributed by atoms with Crippen LogP contribution in [0.5, 0.6) is 0 Å². The van der Waals surface area contributed by atoms with Crippen molar-refractivity contribution in [2.75, 3.05) is 13.1 Å². The molecule has 2 aromatic rings. The minimum atomic E-state index is -0.479. The average Bonchev–Trinajstić information content (AvgIpc) is 2.91. The number of carbonyl (C=O) groups excluding carboxylic acids is 2. The molecule has 0 radical (unpaired) electrons. The van der Waals surface area contributed by atoms with E-state index in [1.807, 2.05) is 11.0 Å². The van der Waals surface area contributed by atoms with E-state index in [-0.39, 0.29) is 11.8 Å². The van der Waals surface area contributed by atoms with Crippen molar-refractivity contribution in [3.63, 3.8) is 0 Å². The Hall–Kier alpha value is -2.37. The van der Waals surface area contributed by atoms with Crippen LogP contribution in [-0.4, -0.2) is 39.8 Å². The molecule has 1 aliphatic heterocycles. The number of nitrogens with two attached hydrogens (primary N) is 1. The first kappa shape index (κ1) is 13.6. The predicted molar refractivity (Wildman–Crippen MR) is 78.8 cm³/mol. The van der Waals surface area contributed by atoms with E-state index in [2.05, 4.69) is 9.97 Å². The largest absolute Gasteiger partial charge is 0.366 e. The van der Waals surface area contributed by atoms with E-state index in [9.17, 15) is 9.59 Å². The third kappa shape index (κ3) is 2.49. The van der Waals surface area contributed by atoms with Crippen molar-refractivity contribution in [2.45, 2.75) is 25.7 Å². The van der Waals surface area contributed by atoms with Crippen LogP contribution in [0.2, 0.25) is 0 Å². The number of H-pyrrole nitrogens is 1. The molecule has 1 fully saturated rings. The molecule has 1 saturated heterocycles. The van der Waals surface area contributed by atoms with Crippen molar-refractivity contribution in [1.29, 1.82) is 0 Å². The van der Waals surface area contributed by atoms with Crippen LogP contribution in [0.25, 0.3) is 11.0 Å². The SMILES string of the molecule is CC(=O)N1CCCC(c2nc3c(C(N)=O)cccc3[nH]2)C1. The summed E-state index contributed by atoms with van der Waals surface area (Å²) in [6, 6.07) is 5.34. The molecule has 1 unspecified atom stereocenters. The molecular weight excluding hydrogens is 268 g/mol. The number of piperidine rings is 1. The third-order valence-corrected chi connectivity index (χ3v) is 4.05. The molecule has 3 N–H and O–H groups in total. The number of likely N-dealkylation sites (tertiary alicyclic amines) is 1. The second-order valence-corrected chi connectivity index (χ2v) is 5.49. The lowest BCUT2D eigenvalue weighted by molar-refractivity contribution is -0.130. The summed E-state index contributed by atoms with van der Waals surface area (Å²) in [6.45, 7) is 3.06. The molecule has 6 nitrogen and oxygen atoms in total. The van der Waals surface area contributed by atoms with Gasteiger partial charge in [0.1, 0.15) is 11.3 Å². The van der Waals surface area contributed by atoms with Gasteiger partial charge in [-0.05, 0) is 25.0 Å². The van der Waals surface area contributed by atoms with Gasteiger partial charge in [-0.3, -0.25) is 9.59 Å². The molecule has 21 heavy (non-hydrogen) atoms. The van der Waals surface area contributed by atoms with Gasteiger partial charge in [0.25, 0.3) is 5.91 Å². The molecule has 2 heterocycles. The minimum absolute atomic E-state index is 0.0913. The molecule has 0 spiro atoms. The summed E-state index contributed by atoms with van der Waals surface area (Å²) < 4.78 is 0. The molecule has 1 aliphatic rings. The Morgan fingerprint density at radius 2 is 2.24 bits per heavy atom. The number of benzene rings is 1. The number of fused-ring (bicyclic) bond motifs is 1. The summed E-state index contributed by atoms with van der Waals surface area (Å²) >= 11 is 0.